The molecule has 17 heavy (non-hydrogen) atoms. The highest BCUT2D eigenvalue weighted by Gasteiger charge is 2.25. The lowest BCUT2D eigenvalue weighted by Gasteiger charge is -2.28. The van der Waals surface area contributed by atoms with Gasteiger partial charge in [0.1, 0.15) is 6.10 Å². The Morgan fingerprint density at radius 1 is 1.35 bits per heavy atom. The molecule has 1 aliphatic carbocycles. The number of hydrogen-bond donors (Lipinski definition) is 1. The molecule has 0 saturated heterocycles. The first kappa shape index (κ1) is 14.4. The number of methoxy groups -OCH3 is 2. The van der Waals surface area contributed by atoms with Crippen LogP contribution >= 0.6 is 0 Å². The number of hydrogen-bond acceptors (Lipinski definition) is 5. The molecule has 0 aliphatic heterocycles. The van der Waals surface area contributed by atoms with Crippen LogP contribution in [0, 0.1) is 0 Å². The minimum absolute atomic E-state index is 0.0171. The molecular formula is C12H23NO4. The normalized spacial score (nSPS) is 26.5. The topological polar surface area (TPSA) is 70.8 Å². The minimum Gasteiger partial charge on any atom is -0.462 e. The molecular weight excluding hydrogens is 222 g/mol. The molecule has 5 heteroatoms. The average Bonchev–Trinajstić information content (AvgIpc) is 2.36. The number of esters is 1. The molecule has 0 aromatic heterocycles. The van der Waals surface area contributed by atoms with E-state index in [0.29, 0.717) is 6.54 Å². The molecule has 3 atom stereocenters. The van der Waals surface area contributed by atoms with Crippen molar-refractivity contribution in [3.05, 3.63) is 0 Å². The molecule has 1 fully saturated rings. The molecule has 0 amide bonds. The Labute approximate surface area is 103 Å². The molecule has 0 aromatic rings. The van der Waals surface area contributed by atoms with E-state index in [4.69, 9.17) is 19.9 Å². The lowest BCUT2D eigenvalue weighted by Crippen LogP contribution is -2.32. The van der Waals surface area contributed by atoms with E-state index in [-0.39, 0.29) is 30.7 Å². The summed E-state index contributed by atoms with van der Waals surface area (Å²) in [5, 5.41) is 0. The molecule has 100 valence electrons. The summed E-state index contributed by atoms with van der Waals surface area (Å²) in [4.78, 5) is 11.6. The second kappa shape index (κ2) is 7.63. The third kappa shape index (κ3) is 5.02. The standard InChI is InChI=1S/C12H23NO4/c1-15-9-4-3-5-10(6-9)17-12(14)7-11(8-13)16-2/h9-11H,3-8,13H2,1-2H3. The highest BCUT2D eigenvalue weighted by Crippen LogP contribution is 2.23. The van der Waals surface area contributed by atoms with E-state index < -0.39 is 0 Å². The zero-order chi connectivity index (χ0) is 12.7. The smallest absolute Gasteiger partial charge is 0.308 e. The summed E-state index contributed by atoms with van der Waals surface area (Å²) < 4.78 is 15.7. The van der Waals surface area contributed by atoms with Crippen molar-refractivity contribution in [3.63, 3.8) is 0 Å². The van der Waals surface area contributed by atoms with E-state index >= 15 is 0 Å². The van der Waals surface area contributed by atoms with Crippen LogP contribution in [0.5, 0.6) is 0 Å². The van der Waals surface area contributed by atoms with Gasteiger partial charge in [-0.15, -0.1) is 0 Å². The average molecular weight is 245 g/mol. The summed E-state index contributed by atoms with van der Waals surface area (Å²) in [6.45, 7) is 0.330. The predicted octanol–water partition coefficient (Wildman–Crippen LogP) is 0.851. The zero-order valence-corrected chi connectivity index (χ0v) is 10.7. The Hall–Kier alpha value is -0.650. The van der Waals surface area contributed by atoms with E-state index in [1.165, 1.54) is 0 Å². The SMILES string of the molecule is COC(CN)CC(=O)OC1CCCC(OC)C1. The van der Waals surface area contributed by atoms with E-state index in [0.717, 1.165) is 25.7 Å². The van der Waals surface area contributed by atoms with Crippen molar-refractivity contribution in [1.82, 2.24) is 0 Å². The van der Waals surface area contributed by atoms with Gasteiger partial charge in [-0.25, -0.2) is 0 Å². The molecule has 0 spiro atoms. The van der Waals surface area contributed by atoms with Crippen LogP contribution in [-0.2, 0) is 19.0 Å². The van der Waals surface area contributed by atoms with E-state index in [1.54, 1.807) is 14.2 Å². The van der Waals surface area contributed by atoms with E-state index in [1.807, 2.05) is 0 Å². The van der Waals surface area contributed by atoms with Gasteiger partial charge in [0.15, 0.2) is 0 Å². The van der Waals surface area contributed by atoms with Gasteiger partial charge in [0.2, 0.25) is 0 Å². The maximum absolute atomic E-state index is 11.6. The highest BCUT2D eigenvalue weighted by molar-refractivity contribution is 5.70. The summed E-state index contributed by atoms with van der Waals surface area (Å²) in [6, 6.07) is 0. The van der Waals surface area contributed by atoms with Crippen LogP contribution in [0.15, 0.2) is 0 Å². The molecule has 0 heterocycles. The molecule has 0 radical (unpaired) electrons. The second-order valence-corrected chi connectivity index (χ2v) is 4.43. The number of ether oxygens (including phenoxy) is 3. The van der Waals surface area contributed by atoms with Gasteiger partial charge in [0, 0.05) is 27.2 Å². The van der Waals surface area contributed by atoms with Crippen LogP contribution in [0.25, 0.3) is 0 Å². The third-order valence-electron chi connectivity index (χ3n) is 3.20. The minimum atomic E-state index is -0.246. The van der Waals surface area contributed by atoms with Crippen molar-refractivity contribution in [1.29, 1.82) is 0 Å². The molecule has 0 aromatic carbocycles. The second-order valence-electron chi connectivity index (χ2n) is 4.43. The fraction of sp³-hybridized carbons (Fsp3) is 0.917. The molecule has 1 rings (SSSR count). The fourth-order valence-corrected chi connectivity index (χ4v) is 2.11. The zero-order valence-electron chi connectivity index (χ0n) is 10.7. The van der Waals surface area contributed by atoms with Crippen LogP contribution in [0.1, 0.15) is 32.1 Å². The monoisotopic (exact) mass is 245 g/mol. The lowest BCUT2D eigenvalue weighted by atomic mass is 9.95. The van der Waals surface area contributed by atoms with Crippen molar-refractivity contribution in [3.8, 4) is 0 Å². The quantitative estimate of drug-likeness (QED) is 0.702. The van der Waals surface area contributed by atoms with Crippen molar-refractivity contribution < 1.29 is 19.0 Å². The molecule has 2 N–H and O–H groups in total. The molecule has 1 saturated carbocycles. The van der Waals surface area contributed by atoms with E-state index in [2.05, 4.69) is 0 Å². The summed E-state index contributed by atoms with van der Waals surface area (Å²) in [7, 11) is 3.25. The molecule has 0 bridgehead atoms. The van der Waals surface area contributed by atoms with Crippen molar-refractivity contribution >= 4 is 5.97 Å². The van der Waals surface area contributed by atoms with Gasteiger partial charge in [0.25, 0.3) is 0 Å². The number of rotatable bonds is 6. The summed E-state index contributed by atoms with van der Waals surface area (Å²) >= 11 is 0. The van der Waals surface area contributed by atoms with Gasteiger partial charge in [-0.3, -0.25) is 4.79 Å². The van der Waals surface area contributed by atoms with Gasteiger partial charge < -0.3 is 19.9 Å². The Kier molecular flexibility index (Phi) is 6.47. The van der Waals surface area contributed by atoms with Gasteiger partial charge in [-0.2, -0.15) is 0 Å². The van der Waals surface area contributed by atoms with Gasteiger partial charge in [0.05, 0.1) is 18.6 Å². The van der Waals surface area contributed by atoms with Crippen LogP contribution in [0.3, 0.4) is 0 Å². The first-order valence-corrected chi connectivity index (χ1v) is 6.14. The van der Waals surface area contributed by atoms with Crippen LogP contribution < -0.4 is 5.73 Å². The van der Waals surface area contributed by atoms with Crippen molar-refractivity contribution in [2.45, 2.75) is 50.4 Å². The van der Waals surface area contributed by atoms with Gasteiger partial charge >= 0.3 is 5.97 Å². The van der Waals surface area contributed by atoms with Crippen LogP contribution in [0.2, 0.25) is 0 Å². The Balaban J connectivity index is 2.30. The first-order valence-electron chi connectivity index (χ1n) is 6.14. The highest BCUT2D eigenvalue weighted by atomic mass is 16.5. The summed E-state index contributed by atoms with van der Waals surface area (Å²) in [5.41, 5.74) is 5.46. The predicted molar refractivity (Wildman–Crippen MR) is 63.6 cm³/mol. The summed E-state index contributed by atoms with van der Waals surface area (Å²) in [5.74, 6) is -0.232. The lowest BCUT2D eigenvalue weighted by molar-refractivity contribution is -0.155. The van der Waals surface area contributed by atoms with E-state index in [9.17, 15) is 4.79 Å². The first-order chi connectivity index (χ1) is 8.19. The van der Waals surface area contributed by atoms with Crippen molar-refractivity contribution in [2.24, 2.45) is 5.73 Å². The molecule has 5 nitrogen and oxygen atoms in total. The largest absolute Gasteiger partial charge is 0.462 e. The maximum Gasteiger partial charge on any atom is 0.308 e. The Morgan fingerprint density at radius 2 is 2.06 bits per heavy atom. The van der Waals surface area contributed by atoms with Gasteiger partial charge in [-0.05, 0) is 19.3 Å². The third-order valence-corrected chi connectivity index (χ3v) is 3.20. The van der Waals surface area contributed by atoms with Crippen LogP contribution in [0.4, 0.5) is 0 Å². The van der Waals surface area contributed by atoms with Crippen LogP contribution in [-0.4, -0.2) is 45.0 Å². The number of nitrogens with two attached hydrogens (primary N) is 1. The van der Waals surface area contributed by atoms with Crippen molar-refractivity contribution in [2.75, 3.05) is 20.8 Å². The maximum atomic E-state index is 11.6. The summed E-state index contributed by atoms with van der Waals surface area (Å²) in [6.07, 6.45) is 3.99. The Bertz CT molecular complexity index is 231. The van der Waals surface area contributed by atoms with Gasteiger partial charge in [-0.1, -0.05) is 0 Å². The number of carbonyl (C=O) groups is 1. The fourth-order valence-electron chi connectivity index (χ4n) is 2.11. The Morgan fingerprint density at radius 3 is 2.65 bits per heavy atom. The number of carbonyl (C=O) groups excluding carboxylic acids is 1. The molecule has 3 unspecified atom stereocenters. The molecule has 1 aliphatic rings.